The van der Waals surface area contributed by atoms with E-state index in [1.807, 2.05) is 35.2 Å². The van der Waals surface area contributed by atoms with Crippen molar-refractivity contribution in [2.24, 2.45) is 0 Å². The van der Waals surface area contributed by atoms with E-state index in [0.717, 1.165) is 31.7 Å². The molecular formula is C22H27NO3. The zero-order chi connectivity index (χ0) is 18.5. The van der Waals surface area contributed by atoms with Gasteiger partial charge < -0.3 is 14.7 Å². The number of hydrogen-bond acceptors (Lipinski definition) is 3. The van der Waals surface area contributed by atoms with Gasteiger partial charge in [-0.2, -0.15) is 0 Å². The maximum atomic E-state index is 12.4. The van der Waals surface area contributed by atoms with Gasteiger partial charge in [0.2, 0.25) is 5.91 Å². The van der Waals surface area contributed by atoms with E-state index in [1.165, 1.54) is 16.7 Å². The number of rotatable bonds is 5. The molecule has 0 radical (unpaired) electrons. The van der Waals surface area contributed by atoms with Crippen molar-refractivity contribution in [2.45, 2.75) is 39.0 Å². The summed E-state index contributed by atoms with van der Waals surface area (Å²) >= 11 is 0. The van der Waals surface area contributed by atoms with Gasteiger partial charge in [0.15, 0.2) is 0 Å². The lowest BCUT2D eigenvalue weighted by Crippen LogP contribution is -2.38. The summed E-state index contributed by atoms with van der Waals surface area (Å²) in [5.74, 6) is 1.75. The zero-order valence-electron chi connectivity index (χ0n) is 15.6. The molecule has 4 heteroatoms. The highest BCUT2D eigenvalue weighted by Gasteiger charge is 2.23. The van der Waals surface area contributed by atoms with E-state index in [4.69, 9.17) is 4.74 Å². The second-order valence-electron chi connectivity index (χ2n) is 7.09. The molecule has 0 spiro atoms. The van der Waals surface area contributed by atoms with Crippen LogP contribution in [0.3, 0.4) is 0 Å². The van der Waals surface area contributed by atoms with E-state index < -0.39 is 0 Å². The van der Waals surface area contributed by atoms with E-state index in [1.54, 1.807) is 12.1 Å². The van der Waals surface area contributed by atoms with Crippen molar-refractivity contribution in [3.8, 4) is 11.5 Å². The quantitative estimate of drug-likeness (QED) is 0.877. The molecule has 2 aromatic carbocycles. The van der Waals surface area contributed by atoms with Crippen LogP contribution < -0.4 is 4.74 Å². The monoisotopic (exact) mass is 353 g/mol. The van der Waals surface area contributed by atoms with Crippen molar-refractivity contribution in [1.29, 1.82) is 0 Å². The van der Waals surface area contributed by atoms with Crippen molar-refractivity contribution in [1.82, 2.24) is 4.90 Å². The number of nitrogens with zero attached hydrogens (tertiary/aromatic N) is 1. The average Bonchev–Trinajstić information content (AvgIpc) is 2.65. The molecule has 3 rings (SSSR count). The van der Waals surface area contributed by atoms with E-state index >= 15 is 0 Å². The average molecular weight is 353 g/mol. The second kappa shape index (κ2) is 8.26. The fourth-order valence-electron chi connectivity index (χ4n) is 3.43. The number of carbonyl (C=O) groups is 1. The molecule has 1 saturated heterocycles. The van der Waals surface area contributed by atoms with Crippen molar-refractivity contribution in [3.63, 3.8) is 0 Å². The normalized spacial score (nSPS) is 15.1. The number of piperidine rings is 1. The first-order chi connectivity index (χ1) is 12.5. The van der Waals surface area contributed by atoms with Crippen LogP contribution in [0.2, 0.25) is 0 Å². The lowest BCUT2D eigenvalue weighted by atomic mass is 9.89. The fourth-order valence-corrected chi connectivity index (χ4v) is 3.43. The molecule has 0 aliphatic carbocycles. The van der Waals surface area contributed by atoms with Crippen molar-refractivity contribution >= 4 is 5.91 Å². The van der Waals surface area contributed by atoms with Crippen molar-refractivity contribution in [3.05, 3.63) is 59.2 Å². The van der Waals surface area contributed by atoms with Crippen LogP contribution in [0.5, 0.6) is 11.5 Å². The SMILES string of the molecule is Cc1ccc(OCCC(=O)N2CCC(c3ccc(O)cc3)CC2)cc1C. The Morgan fingerprint density at radius 2 is 1.77 bits per heavy atom. The third-order valence-corrected chi connectivity index (χ3v) is 5.28. The van der Waals surface area contributed by atoms with Gasteiger partial charge >= 0.3 is 0 Å². The smallest absolute Gasteiger partial charge is 0.225 e. The Balaban J connectivity index is 1.43. The molecule has 1 amide bonds. The zero-order valence-corrected chi connectivity index (χ0v) is 15.6. The molecule has 0 saturated carbocycles. The number of aromatic hydroxyl groups is 1. The van der Waals surface area contributed by atoms with Gasteiger partial charge in [-0.3, -0.25) is 4.79 Å². The van der Waals surface area contributed by atoms with E-state index in [0.29, 0.717) is 24.7 Å². The molecule has 138 valence electrons. The molecule has 26 heavy (non-hydrogen) atoms. The van der Waals surface area contributed by atoms with Crippen molar-refractivity contribution in [2.75, 3.05) is 19.7 Å². The Hall–Kier alpha value is -2.49. The molecule has 1 heterocycles. The highest BCUT2D eigenvalue weighted by molar-refractivity contribution is 5.76. The second-order valence-corrected chi connectivity index (χ2v) is 7.09. The van der Waals surface area contributed by atoms with Crippen LogP contribution in [0.15, 0.2) is 42.5 Å². The van der Waals surface area contributed by atoms with Crippen LogP contribution in [-0.2, 0) is 4.79 Å². The molecule has 4 nitrogen and oxygen atoms in total. The number of hydrogen-bond donors (Lipinski definition) is 1. The lowest BCUT2D eigenvalue weighted by molar-refractivity contribution is -0.132. The van der Waals surface area contributed by atoms with Crippen molar-refractivity contribution < 1.29 is 14.6 Å². The molecular weight excluding hydrogens is 326 g/mol. The van der Waals surface area contributed by atoms with Gasteiger partial charge in [-0.05, 0) is 73.6 Å². The van der Waals surface area contributed by atoms with E-state index in [-0.39, 0.29) is 5.91 Å². The van der Waals surface area contributed by atoms with Gasteiger partial charge in [0, 0.05) is 13.1 Å². The molecule has 0 bridgehead atoms. The standard InChI is InChI=1S/C22H27NO3/c1-16-3-8-21(15-17(16)2)26-14-11-22(25)23-12-9-19(10-13-23)18-4-6-20(24)7-5-18/h3-8,15,19,24H,9-14H2,1-2H3. The first kappa shape index (κ1) is 18.3. The Bertz CT molecular complexity index is 746. The topological polar surface area (TPSA) is 49.8 Å². The third kappa shape index (κ3) is 4.57. The number of ether oxygens (including phenoxy) is 1. The summed E-state index contributed by atoms with van der Waals surface area (Å²) in [4.78, 5) is 14.4. The number of benzene rings is 2. The predicted molar refractivity (Wildman–Crippen MR) is 103 cm³/mol. The van der Waals surface area contributed by atoms with Gasteiger partial charge in [-0.1, -0.05) is 18.2 Å². The van der Waals surface area contributed by atoms with Crippen LogP contribution >= 0.6 is 0 Å². The molecule has 1 N–H and O–H groups in total. The van der Waals surface area contributed by atoms with Crippen LogP contribution in [0.25, 0.3) is 0 Å². The van der Waals surface area contributed by atoms with Gasteiger partial charge in [0.1, 0.15) is 11.5 Å². The Morgan fingerprint density at radius 3 is 2.42 bits per heavy atom. The third-order valence-electron chi connectivity index (χ3n) is 5.28. The van der Waals surface area contributed by atoms with Gasteiger partial charge in [-0.25, -0.2) is 0 Å². The highest BCUT2D eigenvalue weighted by atomic mass is 16.5. The molecule has 0 atom stereocenters. The summed E-state index contributed by atoms with van der Waals surface area (Å²) in [5.41, 5.74) is 3.68. The molecule has 1 aliphatic heterocycles. The first-order valence-electron chi connectivity index (χ1n) is 9.29. The Morgan fingerprint density at radius 1 is 1.08 bits per heavy atom. The van der Waals surface area contributed by atoms with Gasteiger partial charge in [0.25, 0.3) is 0 Å². The summed E-state index contributed by atoms with van der Waals surface area (Å²) in [5, 5.41) is 9.40. The first-order valence-corrected chi connectivity index (χ1v) is 9.29. The lowest BCUT2D eigenvalue weighted by Gasteiger charge is -2.32. The Labute approximate surface area is 155 Å². The molecule has 1 fully saturated rings. The van der Waals surface area contributed by atoms with E-state index in [2.05, 4.69) is 13.8 Å². The highest BCUT2D eigenvalue weighted by Crippen LogP contribution is 2.29. The summed E-state index contributed by atoms with van der Waals surface area (Å²) in [6, 6.07) is 13.4. The van der Waals surface area contributed by atoms with E-state index in [9.17, 15) is 9.90 Å². The fraction of sp³-hybridized carbons (Fsp3) is 0.409. The maximum absolute atomic E-state index is 12.4. The molecule has 1 aliphatic rings. The summed E-state index contributed by atoms with van der Waals surface area (Å²) < 4.78 is 5.73. The number of phenols is 1. The summed E-state index contributed by atoms with van der Waals surface area (Å²) in [7, 11) is 0. The number of carbonyl (C=O) groups excluding carboxylic acids is 1. The minimum atomic E-state index is 0.165. The maximum Gasteiger partial charge on any atom is 0.225 e. The minimum absolute atomic E-state index is 0.165. The predicted octanol–water partition coefficient (Wildman–Crippen LogP) is 4.18. The number of amides is 1. The minimum Gasteiger partial charge on any atom is -0.508 e. The summed E-state index contributed by atoms with van der Waals surface area (Å²) in [6.07, 6.45) is 2.35. The Kier molecular flexibility index (Phi) is 5.82. The molecule has 2 aromatic rings. The van der Waals surface area contributed by atoms with Crippen LogP contribution in [0, 0.1) is 13.8 Å². The number of aryl methyl sites for hydroxylation is 2. The van der Waals surface area contributed by atoms with Crippen LogP contribution in [-0.4, -0.2) is 35.6 Å². The van der Waals surface area contributed by atoms with Crippen LogP contribution in [0.1, 0.15) is 41.9 Å². The molecule has 0 aromatic heterocycles. The van der Waals surface area contributed by atoms with Crippen LogP contribution in [0.4, 0.5) is 0 Å². The number of likely N-dealkylation sites (tertiary alicyclic amines) is 1. The van der Waals surface area contributed by atoms with Gasteiger partial charge in [-0.15, -0.1) is 0 Å². The number of phenolic OH excluding ortho intramolecular Hbond substituents is 1. The largest absolute Gasteiger partial charge is 0.508 e. The van der Waals surface area contributed by atoms with Gasteiger partial charge in [0.05, 0.1) is 13.0 Å². The molecule has 0 unspecified atom stereocenters. The summed E-state index contributed by atoms with van der Waals surface area (Å²) in [6.45, 7) is 6.12.